The molecule has 0 saturated carbocycles. The molecule has 0 unspecified atom stereocenters. The lowest BCUT2D eigenvalue weighted by Gasteiger charge is -2.36. The number of hydrogen-bond acceptors (Lipinski definition) is 6. The van der Waals surface area contributed by atoms with Crippen molar-refractivity contribution in [1.29, 1.82) is 0 Å². The first-order valence-corrected chi connectivity index (χ1v) is 10.3. The first kappa shape index (κ1) is 20.0. The summed E-state index contributed by atoms with van der Waals surface area (Å²) >= 11 is 0. The summed E-state index contributed by atoms with van der Waals surface area (Å²) in [7, 11) is -0.855. The van der Waals surface area contributed by atoms with Gasteiger partial charge in [-0.15, -0.1) is 0 Å². The molecule has 0 atom stereocenters. The van der Waals surface area contributed by atoms with Crippen LogP contribution in [0.25, 0.3) is 0 Å². The van der Waals surface area contributed by atoms with Gasteiger partial charge in [0.2, 0.25) is 10.0 Å². The molecule has 2 N–H and O–H groups in total. The summed E-state index contributed by atoms with van der Waals surface area (Å²) in [6.45, 7) is 2.30. The van der Waals surface area contributed by atoms with Crippen LogP contribution in [-0.2, 0) is 10.0 Å². The molecule has 1 aliphatic heterocycles. The number of ether oxygens (including phenoxy) is 2. The topological polar surface area (TPSA) is 102 Å². The Morgan fingerprint density at radius 3 is 2.32 bits per heavy atom. The number of carbonyl (C=O) groups is 1. The van der Waals surface area contributed by atoms with E-state index in [0.29, 0.717) is 31.9 Å². The average Bonchev–Trinajstić information content (AvgIpc) is 2.72. The van der Waals surface area contributed by atoms with Crippen molar-refractivity contribution in [2.45, 2.75) is 4.90 Å². The van der Waals surface area contributed by atoms with Crippen molar-refractivity contribution in [2.75, 3.05) is 45.3 Å². The predicted octanol–water partition coefficient (Wildman–Crippen LogP) is 1.31. The Hall–Kier alpha value is -2.78. The molecule has 2 aromatic carbocycles. The lowest BCUT2D eigenvalue weighted by atomic mass is 10.1. The Morgan fingerprint density at radius 1 is 1.00 bits per heavy atom. The number of benzene rings is 2. The summed E-state index contributed by atoms with van der Waals surface area (Å²) in [5.41, 5.74) is 1.21. The highest BCUT2D eigenvalue weighted by Crippen LogP contribution is 2.26. The van der Waals surface area contributed by atoms with Crippen LogP contribution in [0.3, 0.4) is 0 Å². The number of anilines is 1. The molecule has 1 fully saturated rings. The van der Waals surface area contributed by atoms with Crippen LogP contribution in [0.4, 0.5) is 5.69 Å². The molecule has 28 heavy (non-hydrogen) atoms. The molecule has 150 valence electrons. The minimum absolute atomic E-state index is 0.119. The highest BCUT2D eigenvalue weighted by molar-refractivity contribution is 7.89. The van der Waals surface area contributed by atoms with Crippen LogP contribution >= 0.6 is 0 Å². The number of amides is 1. The molecule has 0 spiro atoms. The first-order valence-electron chi connectivity index (χ1n) is 8.72. The van der Waals surface area contributed by atoms with Crippen molar-refractivity contribution in [3.63, 3.8) is 0 Å². The molecule has 1 amide bonds. The second kappa shape index (κ2) is 8.07. The van der Waals surface area contributed by atoms with Gasteiger partial charge in [-0.2, -0.15) is 0 Å². The molecule has 0 aromatic heterocycles. The summed E-state index contributed by atoms with van der Waals surface area (Å²) < 4.78 is 33.8. The van der Waals surface area contributed by atoms with E-state index >= 15 is 0 Å². The zero-order chi connectivity index (χ0) is 20.3. The van der Waals surface area contributed by atoms with Crippen LogP contribution in [0.1, 0.15) is 10.4 Å². The zero-order valence-corrected chi connectivity index (χ0v) is 16.6. The van der Waals surface area contributed by atoms with Gasteiger partial charge in [0, 0.05) is 37.9 Å². The smallest absolute Gasteiger partial charge is 0.257 e. The van der Waals surface area contributed by atoms with Crippen molar-refractivity contribution in [1.82, 2.24) is 4.90 Å². The number of sulfonamides is 1. The number of piperazine rings is 1. The molecule has 2 aromatic rings. The third-order valence-corrected chi connectivity index (χ3v) is 5.63. The summed E-state index contributed by atoms with van der Waals surface area (Å²) in [6, 6.07) is 11.8. The molecule has 0 aliphatic carbocycles. The Kier molecular flexibility index (Phi) is 5.76. The van der Waals surface area contributed by atoms with Gasteiger partial charge in [-0.1, -0.05) is 6.07 Å². The normalized spacial score (nSPS) is 14.7. The van der Waals surface area contributed by atoms with Crippen molar-refractivity contribution >= 4 is 21.6 Å². The van der Waals surface area contributed by atoms with Crippen LogP contribution in [0.15, 0.2) is 47.4 Å². The summed E-state index contributed by atoms with van der Waals surface area (Å²) in [5.74, 6) is 0.806. The summed E-state index contributed by atoms with van der Waals surface area (Å²) in [6.07, 6.45) is 0. The fraction of sp³-hybridized carbons (Fsp3) is 0.316. The fourth-order valence-electron chi connectivity index (χ4n) is 3.18. The van der Waals surface area contributed by atoms with Crippen LogP contribution in [0.2, 0.25) is 0 Å². The van der Waals surface area contributed by atoms with Gasteiger partial charge in [-0.25, -0.2) is 13.6 Å². The molecule has 1 heterocycles. The second-order valence-electron chi connectivity index (χ2n) is 6.39. The van der Waals surface area contributed by atoms with Crippen LogP contribution in [0.5, 0.6) is 11.5 Å². The lowest BCUT2D eigenvalue weighted by Crippen LogP contribution is -2.48. The predicted molar refractivity (Wildman–Crippen MR) is 105 cm³/mol. The molecule has 0 bridgehead atoms. The van der Waals surface area contributed by atoms with Crippen molar-refractivity contribution in [3.05, 3.63) is 48.0 Å². The fourth-order valence-corrected chi connectivity index (χ4v) is 3.72. The number of nitrogens with two attached hydrogens (primary N) is 1. The largest absolute Gasteiger partial charge is 0.497 e. The number of carbonyl (C=O) groups excluding carboxylic acids is 1. The van der Waals surface area contributed by atoms with Gasteiger partial charge in [0.05, 0.1) is 24.7 Å². The third-order valence-electron chi connectivity index (χ3n) is 4.72. The molecule has 1 saturated heterocycles. The van der Waals surface area contributed by atoms with E-state index in [9.17, 15) is 13.2 Å². The maximum absolute atomic E-state index is 13.0. The Morgan fingerprint density at radius 2 is 1.71 bits per heavy atom. The average molecular weight is 405 g/mol. The molecule has 3 rings (SSSR count). The van der Waals surface area contributed by atoms with Crippen molar-refractivity contribution in [2.24, 2.45) is 5.14 Å². The monoisotopic (exact) mass is 405 g/mol. The minimum atomic E-state index is -3.91. The van der Waals surface area contributed by atoms with Crippen molar-refractivity contribution in [3.8, 4) is 11.5 Å². The van der Waals surface area contributed by atoms with E-state index < -0.39 is 10.0 Å². The zero-order valence-electron chi connectivity index (χ0n) is 15.8. The highest BCUT2D eigenvalue weighted by Gasteiger charge is 2.26. The molecule has 9 heteroatoms. The second-order valence-corrected chi connectivity index (χ2v) is 7.95. The van der Waals surface area contributed by atoms with Crippen molar-refractivity contribution < 1.29 is 22.7 Å². The number of hydrogen-bond donors (Lipinski definition) is 1. The van der Waals surface area contributed by atoms with Gasteiger partial charge in [-0.05, 0) is 30.3 Å². The van der Waals surface area contributed by atoms with Gasteiger partial charge in [0.25, 0.3) is 5.91 Å². The van der Waals surface area contributed by atoms with E-state index in [0.717, 1.165) is 11.4 Å². The number of methoxy groups -OCH3 is 2. The number of primary sulfonamides is 1. The molecular weight excluding hydrogens is 382 g/mol. The summed E-state index contributed by atoms with van der Waals surface area (Å²) in [4.78, 5) is 16.7. The van der Waals surface area contributed by atoms with E-state index in [1.54, 1.807) is 12.0 Å². The van der Waals surface area contributed by atoms with E-state index in [1.165, 1.54) is 25.3 Å². The van der Waals surface area contributed by atoms with Gasteiger partial charge in [-0.3, -0.25) is 4.79 Å². The number of nitrogens with zero attached hydrogens (tertiary/aromatic N) is 2. The number of rotatable bonds is 5. The Labute approximate surface area is 164 Å². The minimum Gasteiger partial charge on any atom is -0.497 e. The van der Waals surface area contributed by atoms with E-state index in [-0.39, 0.29) is 16.4 Å². The van der Waals surface area contributed by atoms with Gasteiger partial charge < -0.3 is 19.3 Å². The lowest BCUT2D eigenvalue weighted by molar-refractivity contribution is 0.0743. The maximum atomic E-state index is 13.0. The van der Waals surface area contributed by atoms with E-state index in [4.69, 9.17) is 14.6 Å². The highest BCUT2D eigenvalue weighted by atomic mass is 32.2. The molecule has 1 aliphatic rings. The van der Waals surface area contributed by atoms with Crippen LogP contribution in [-0.4, -0.2) is 59.6 Å². The standard InChI is InChI=1S/C19H23N3O5S/c1-26-15-5-3-4-14(12-15)21-8-10-22(11-9-21)19(23)17-13-16(28(20,24)25)6-7-18(17)27-2/h3-7,12-13H,8-11H2,1-2H3,(H2,20,24,25). The van der Waals surface area contributed by atoms with Gasteiger partial charge in [0.1, 0.15) is 11.5 Å². The third kappa shape index (κ3) is 4.20. The Balaban J connectivity index is 1.76. The van der Waals surface area contributed by atoms with Gasteiger partial charge in [0.15, 0.2) is 0 Å². The van der Waals surface area contributed by atoms with Crippen LogP contribution in [0, 0.1) is 0 Å². The SMILES string of the molecule is COc1cccc(N2CCN(C(=O)c3cc(S(N)(=O)=O)ccc3OC)CC2)c1. The molecule has 0 radical (unpaired) electrons. The molecule has 8 nitrogen and oxygen atoms in total. The Bertz CT molecular complexity index is 969. The van der Waals surface area contributed by atoms with Crippen LogP contribution < -0.4 is 19.5 Å². The quantitative estimate of drug-likeness (QED) is 0.805. The summed E-state index contributed by atoms with van der Waals surface area (Å²) in [5, 5.41) is 5.19. The maximum Gasteiger partial charge on any atom is 0.257 e. The van der Waals surface area contributed by atoms with E-state index in [2.05, 4.69) is 4.90 Å². The first-order chi connectivity index (χ1) is 13.3. The van der Waals surface area contributed by atoms with Gasteiger partial charge >= 0.3 is 0 Å². The van der Waals surface area contributed by atoms with E-state index in [1.807, 2.05) is 24.3 Å². The molecular formula is C19H23N3O5S.